The molecule has 0 bridgehead atoms. The molecule has 1 fully saturated rings. The van der Waals surface area contributed by atoms with Crippen LogP contribution in [0.2, 0.25) is 0 Å². The first-order valence-electron chi connectivity index (χ1n) is 11.4. The van der Waals surface area contributed by atoms with Gasteiger partial charge in [-0.3, -0.25) is 4.79 Å². The monoisotopic (exact) mass is 467 g/mol. The van der Waals surface area contributed by atoms with Gasteiger partial charge in [-0.15, -0.1) is 0 Å². The number of carbonyl (C=O) groups excluding carboxylic acids is 2. The minimum Gasteiger partial charge on any atom is -0.465 e. The van der Waals surface area contributed by atoms with Gasteiger partial charge in [0.15, 0.2) is 5.82 Å². The molecule has 0 unspecified atom stereocenters. The summed E-state index contributed by atoms with van der Waals surface area (Å²) in [5.74, 6) is 0.827. The fraction of sp³-hybridized carbons (Fsp3) is 0.417. The molecular weight excluding hydrogens is 438 g/mol. The fourth-order valence-electron chi connectivity index (χ4n) is 4.57. The molecule has 0 aliphatic carbocycles. The van der Waals surface area contributed by atoms with Crippen molar-refractivity contribution in [3.63, 3.8) is 0 Å². The lowest BCUT2D eigenvalue weighted by molar-refractivity contribution is -0.119. The van der Waals surface area contributed by atoms with Crippen molar-refractivity contribution in [2.75, 3.05) is 41.9 Å². The lowest BCUT2D eigenvalue weighted by Crippen LogP contribution is -2.57. The molecule has 4 rings (SSSR count). The van der Waals surface area contributed by atoms with Crippen molar-refractivity contribution >= 4 is 41.0 Å². The van der Waals surface area contributed by atoms with Gasteiger partial charge in [0.1, 0.15) is 11.9 Å². The second-order valence-corrected chi connectivity index (χ2v) is 8.45. The van der Waals surface area contributed by atoms with E-state index in [9.17, 15) is 19.5 Å². The Hall–Kier alpha value is -3.82. The van der Waals surface area contributed by atoms with Crippen LogP contribution in [-0.4, -0.2) is 71.8 Å². The van der Waals surface area contributed by atoms with Gasteiger partial charge in [-0.05, 0) is 57.0 Å². The average molecular weight is 468 g/mol. The van der Waals surface area contributed by atoms with Gasteiger partial charge in [0, 0.05) is 31.9 Å². The van der Waals surface area contributed by atoms with Crippen molar-refractivity contribution in [1.82, 2.24) is 9.88 Å². The largest absolute Gasteiger partial charge is 0.465 e. The minimum absolute atomic E-state index is 0.00288. The number of likely N-dealkylation sites (N-methyl/N-ethyl adjacent to an activating group) is 1. The van der Waals surface area contributed by atoms with Crippen LogP contribution in [0.15, 0.2) is 36.4 Å². The molecule has 0 radical (unpaired) electrons. The van der Waals surface area contributed by atoms with E-state index in [0.717, 1.165) is 0 Å². The molecule has 34 heavy (non-hydrogen) atoms. The van der Waals surface area contributed by atoms with Crippen molar-refractivity contribution in [2.45, 2.75) is 38.8 Å². The van der Waals surface area contributed by atoms with Crippen LogP contribution in [0.5, 0.6) is 0 Å². The van der Waals surface area contributed by atoms with E-state index >= 15 is 0 Å². The topological polar surface area (TPSA) is 115 Å². The number of benzene rings is 1. The molecule has 180 valence electrons. The summed E-state index contributed by atoms with van der Waals surface area (Å²) in [6, 6.07) is 10.2. The molecule has 3 heterocycles. The zero-order valence-corrected chi connectivity index (χ0v) is 19.5. The number of rotatable bonds is 5. The van der Waals surface area contributed by atoms with Crippen molar-refractivity contribution < 1.29 is 24.2 Å². The predicted molar refractivity (Wildman–Crippen MR) is 128 cm³/mol. The smallest absolute Gasteiger partial charge is 0.407 e. The normalized spacial score (nSPS) is 18.5. The second-order valence-electron chi connectivity index (χ2n) is 8.45. The highest BCUT2D eigenvalue weighted by molar-refractivity contribution is 6.04. The first kappa shape index (κ1) is 23.3. The molecule has 10 heteroatoms. The second kappa shape index (κ2) is 9.58. The van der Waals surface area contributed by atoms with Crippen LogP contribution in [0.3, 0.4) is 0 Å². The Labute approximate surface area is 198 Å². The fourth-order valence-corrected chi connectivity index (χ4v) is 4.57. The van der Waals surface area contributed by atoms with E-state index in [1.165, 1.54) is 4.90 Å². The van der Waals surface area contributed by atoms with Gasteiger partial charge >= 0.3 is 12.1 Å². The number of piperidine rings is 1. The molecule has 0 saturated carbocycles. The van der Waals surface area contributed by atoms with Crippen LogP contribution in [0.4, 0.5) is 27.8 Å². The number of carboxylic acid groups (broad SMARTS) is 1. The number of nitrogens with one attached hydrogen (secondary N) is 1. The maximum absolute atomic E-state index is 12.9. The number of likely N-dealkylation sites (tertiary alicyclic amines) is 1. The van der Waals surface area contributed by atoms with Crippen molar-refractivity contribution in [3.8, 4) is 0 Å². The van der Waals surface area contributed by atoms with Crippen molar-refractivity contribution in [3.05, 3.63) is 42.0 Å². The molecule has 2 N–H and O–H groups in total. The average Bonchev–Trinajstić information content (AvgIpc) is 2.83. The molecule has 1 atom stereocenters. The number of hydrogen-bond donors (Lipinski definition) is 2. The zero-order valence-electron chi connectivity index (χ0n) is 19.5. The molecule has 1 saturated heterocycles. The van der Waals surface area contributed by atoms with Crippen LogP contribution in [0, 0.1) is 0 Å². The van der Waals surface area contributed by atoms with E-state index in [1.54, 1.807) is 43.1 Å². The summed E-state index contributed by atoms with van der Waals surface area (Å²) in [4.78, 5) is 46.2. The lowest BCUT2D eigenvalue weighted by atomic mass is 9.99. The van der Waals surface area contributed by atoms with E-state index in [2.05, 4.69) is 5.32 Å². The molecule has 2 amide bonds. The van der Waals surface area contributed by atoms with Crippen LogP contribution < -0.4 is 15.1 Å². The number of carbonyl (C=O) groups is 3. The Bertz CT molecular complexity index is 1100. The minimum atomic E-state index is -0.920. The van der Waals surface area contributed by atoms with Gasteiger partial charge in [0.25, 0.3) is 0 Å². The Kier molecular flexibility index (Phi) is 6.58. The highest BCUT2D eigenvalue weighted by Crippen LogP contribution is 2.38. The maximum atomic E-state index is 12.9. The van der Waals surface area contributed by atoms with E-state index < -0.39 is 18.1 Å². The SMILES string of the molecule is CCOC(=O)c1cccc(Nc2ccc3c(n2)N(C2CCN(C(=O)O)CC2)[C@H](C)C(=O)N3C)c1. The molecular formula is C24H29N5O5. The highest BCUT2D eigenvalue weighted by atomic mass is 16.5. The predicted octanol–water partition coefficient (Wildman–Crippen LogP) is 3.32. The zero-order chi connectivity index (χ0) is 24.4. The number of fused-ring (bicyclic) bond motifs is 1. The lowest BCUT2D eigenvalue weighted by Gasteiger charge is -2.45. The quantitative estimate of drug-likeness (QED) is 0.644. The Morgan fingerprint density at radius 2 is 1.94 bits per heavy atom. The molecule has 10 nitrogen and oxygen atoms in total. The van der Waals surface area contributed by atoms with Crippen LogP contribution >= 0.6 is 0 Å². The molecule has 2 aromatic rings. The molecule has 1 aromatic carbocycles. The van der Waals surface area contributed by atoms with Crippen LogP contribution in [0.25, 0.3) is 0 Å². The van der Waals surface area contributed by atoms with Gasteiger partial charge in [0.05, 0.1) is 17.9 Å². The van der Waals surface area contributed by atoms with Crippen molar-refractivity contribution in [1.29, 1.82) is 0 Å². The molecule has 2 aliphatic heterocycles. The third-order valence-corrected chi connectivity index (χ3v) is 6.34. The van der Waals surface area contributed by atoms with Gasteiger partial charge in [0.2, 0.25) is 5.91 Å². The summed E-state index contributed by atoms with van der Waals surface area (Å²) < 4.78 is 5.08. The number of amides is 2. The molecule has 1 aromatic heterocycles. The standard InChI is InChI=1S/C24H29N5O5/c1-4-34-23(31)16-6-5-7-17(14-16)25-20-9-8-19-21(26-20)29(15(2)22(30)27(19)3)18-10-12-28(13-11-18)24(32)33/h5-9,14-15,18H,4,10-13H2,1-3H3,(H,25,26)(H,32,33)/t15-/m1/s1. The summed E-state index contributed by atoms with van der Waals surface area (Å²) in [7, 11) is 1.74. The van der Waals surface area contributed by atoms with Crippen LogP contribution in [-0.2, 0) is 9.53 Å². The highest BCUT2D eigenvalue weighted by Gasteiger charge is 2.40. The number of esters is 1. The number of aromatic nitrogens is 1. The molecule has 2 aliphatic rings. The van der Waals surface area contributed by atoms with Crippen LogP contribution in [0.1, 0.15) is 37.0 Å². The molecule has 0 spiro atoms. The Morgan fingerprint density at radius 1 is 1.21 bits per heavy atom. The van der Waals surface area contributed by atoms with Gasteiger partial charge < -0.3 is 29.9 Å². The summed E-state index contributed by atoms with van der Waals surface area (Å²) in [5, 5.41) is 12.5. The van der Waals surface area contributed by atoms with E-state index in [4.69, 9.17) is 9.72 Å². The van der Waals surface area contributed by atoms with Gasteiger partial charge in [-0.2, -0.15) is 0 Å². The van der Waals surface area contributed by atoms with Crippen molar-refractivity contribution in [2.24, 2.45) is 0 Å². The van der Waals surface area contributed by atoms with E-state index in [1.807, 2.05) is 24.0 Å². The third-order valence-electron chi connectivity index (χ3n) is 6.34. The first-order valence-corrected chi connectivity index (χ1v) is 11.4. The maximum Gasteiger partial charge on any atom is 0.407 e. The number of pyridine rings is 1. The van der Waals surface area contributed by atoms with E-state index in [0.29, 0.717) is 61.1 Å². The van der Waals surface area contributed by atoms with E-state index in [-0.39, 0.29) is 11.9 Å². The third kappa shape index (κ3) is 4.48. The summed E-state index contributed by atoms with van der Waals surface area (Å²) in [5.41, 5.74) is 1.83. The van der Waals surface area contributed by atoms with Gasteiger partial charge in [-0.25, -0.2) is 14.6 Å². The summed E-state index contributed by atoms with van der Waals surface area (Å²) in [6.45, 7) is 4.75. The Morgan fingerprint density at radius 3 is 2.62 bits per heavy atom. The summed E-state index contributed by atoms with van der Waals surface area (Å²) >= 11 is 0. The number of anilines is 4. The number of hydrogen-bond acceptors (Lipinski definition) is 7. The van der Waals surface area contributed by atoms with Gasteiger partial charge in [-0.1, -0.05) is 6.07 Å². The summed E-state index contributed by atoms with van der Waals surface area (Å²) in [6.07, 6.45) is 0.318. The first-order chi connectivity index (χ1) is 16.3. The number of nitrogens with zero attached hydrogens (tertiary/aromatic N) is 4. The number of ether oxygens (including phenoxy) is 1. The Balaban J connectivity index is 1.62.